The van der Waals surface area contributed by atoms with Crippen molar-refractivity contribution in [3.05, 3.63) is 95.3 Å². The summed E-state index contributed by atoms with van der Waals surface area (Å²) in [7, 11) is 0. The zero-order valence-electron chi connectivity index (χ0n) is 30.3. The van der Waals surface area contributed by atoms with Crippen LogP contribution in [0.25, 0.3) is 5.70 Å². The summed E-state index contributed by atoms with van der Waals surface area (Å²) in [5.74, 6) is -0.0453. The van der Waals surface area contributed by atoms with Gasteiger partial charge in [0.15, 0.2) is 11.6 Å². The van der Waals surface area contributed by atoms with E-state index in [0.29, 0.717) is 42.7 Å². The first-order chi connectivity index (χ1) is 24.7. The highest BCUT2D eigenvalue weighted by Crippen LogP contribution is 2.30. The average molecular weight is 699 g/mol. The number of hydrogen-bond donors (Lipinski definition) is 2. The summed E-state index contributed by atoms with van der Waals surface area (Å²) in [6.45, 7) is 12.9. The van der Waals surface area contributed by atoms with Crippen molar-refractivity contribution in [1.29, 1.82) is 0 Å². The number of carbonyl (C=O) groups excluding carboxylic acids is 2. The zero-order valence-corrected chi connectivity index (χ0v) is 30.3. The predicted molar refractivity (Wildman–Crippen MR) is 201 cm³/mol. The van der Waals surface area contributed by atoms with Crippen LogP contribution in [0.1, 0.15) is 62.6 Å². The first-order valence-corrected chi connectivity index (χ1v) is 18.1. The van der Waals surface area contributed by atoms with E-state index in [1.807, 2.05) is 64.1 Å². The van der Waals surface area contributed by atoms with E-state index >= 15 is 4.39 Å². The van der Waals surface area contributed by atoms with Gasteiger partial charge >= 0.3 is 6.09 Å². The van der Waals surface area contributed by atoms with Crippen molar-refractivity contribution in [3.63, 3.8) is 0 Å². The van der Waals surface area contributed by atoms with Crippen molar-refractivity contribution in [1.82, 2.24) is 14.7 Å². The lowest BCUT2D eigenvalue weighted by Crippen LogP contribution is -2.49. The molecule has 1 saturated heterocycles. The number of aliphatic imine (C=N–C) groups is 1. The minimum atomic E-state index is -0.944. The normalized spacial score (nSPS) is 16.2. The fourth-order valence-electron chi connectivity index (χ4n) is 6.38. The first-order valence-electron chi connectivity index (χ1n) is 18.1. The van der Waals surface area contributed by atoms with E-state index in [-0.39, 0.29) is 24.6 Å². The van der Waals surface area contributed by atoms with Crippen molar-refractivity contribution in [2.75, 3.05) is 56.5 Å². The Bertz CT molecular complexity index is 1690. The Morgan fingerprint density at radius 2 is 1.71 bits per heavy atom. The van der Waals surface area contributed by atoms with Crippen LogP contribution in [0.3, 0.4) is 0 Å². The molecule has 0 radical (unpaired) electrons. The molecule has 2 aliphatic rings. The van der Waals surface area contributed by atoms with E-state index in [0.717, 1.165) is 42.7 Å². The second kappa shape index (κ2) is 18.4. The third-order valence-electron chi connectivity index (χ3n) is 9.43. The molecule has 1 fully saturated rings. The number of guanidine groups is 1. The molecule has 0 aliphatic carbocycles. The summed E-state index contributed by atoms with van der Waals surface area (Å²) in [4.78, 5) is 37.4. The largest absolute Gasteiger partial charge is 0.490 e. The van der Waals surface area contributed by atoms with Crippen LogP contribution in [-0.4, -0.2) is 84.8 Å². The van der Waals surface area contributed by atoms with Crippen LogP contribution in [-0.2, 0) is 9.53 Å². The van der Waals surface area contributed by atoms with Gasteiger partial charge in [-0.2, -0.15) is 0 Å². The van der Waals surface area contributed by atoms with Crippen molar-refractivity contribution in [3.8, 4) is 5.75 Å². The van der Waals surface area contributed by atoms with E-state index in [1.54, 1.807) is 40.1 Å². The lowest BCUT2D eigenvalue weighted by atomic mass is 10.00. The number of rotatable bonds is 14. The van der Waals surface area contributed by atoms with Crippen LogP contribution >= 0.6 is 0 Å². The Kier molecular flexibility index (Phi) is 13.5. The number of nitrogens with zero attached hydrogens (tertiary/aromatic N) is 4. The van der Waals surface area contributed by atoms with E-state index in [1.165, 1.54) is 25.3 Å². The number of aryl methyl sites for hydroxylation is 1. The number of ether oxygens (including phenoxy) is 2. The van der Waals surface area contributed by atoms with Crippen LogP contribution < -0.4 is 15.4 Å². The Labute approximate surface area is 301 Å². The molecule has 11 heteroatoms. The molecule has 3 aromatic carbocycles. The van der Waals surface area contributed by atoms with Crippen LogP contribution in [0.15, 0.2) is 77.8 Å². The number of benzene rings is 3. The van der Waals surface area contributed by atoms with Gasteiger partial charge < -0.3 is 29.5 Å². The maximum atomic E-state index is 15.4. The first kappa shape index (κ1) is 37.4. The zero-order chi connectivity index (χ0) is 36.2. The maximum Gasteiger partial charge on any atom is 0.413 e. The molecule has 1 atom stereocenters. The molecule has 51 heavy (non-hydrogen) atoms. The highest BCUT2D eigenvalue weighted by molar-refractivity contribution is 5.99. The second-order valence-corrected chi connectivity index (χ2v) is 12.9. The molecular weight excluding hydrogens is 647 g/mol. The molecule has 0 saturated carbocycles. The van der Waals surface area contributed by atoms with Gasteiger partial charge in [0.25, 0.3) is 0 Å². The number of para-hydroxylation sites is 1. The van der Waals surface area contributed by atoms with Gasteiger partial charge in [-0.3, -0.25) is 10.1 Å². The summed E-state index contributed by atoms with van der Waals surface area (Å²) in [6.07, 6.45) is 4.89. The van der Waals surface area contributed by atoms with Gasteiger partial charge in [-0.1, -0.05) is 42.8 Å². The van der Waals surface area contributed by atoms with Gasteiger partial charge in [0.2, 0.25) is 18.1 Å². The summed E-state index contributed by atoms with van der Waals surface area (Å²) in [5.41, 5.74) is 4.57. The predicted octanol–water partition coefficient (Wildman–Crippen LogP) is 7.66. The summed E-state index contributed by atoms with van der Waals surface area (Å²) < 4.78 is 27.3. The number of amides is 2. The van der Waals surface area contributed by atoms with Gasteiger partial charge in [-0.15, -0.1) is 0 Å². The molecule has 1 unspecified atom stereocenters. The number of anilines is 2. The monoisotopic (exact) mass is 698 g/mol. The molecule has 2 aliphatic heterocycles. The van der Waals surface area contributed by atoms with Gasteiger partial charge in [0.1, 0.15) is 0 Å². The van der Waals surface area contributed by atoms with E-state index in [9.17, 15) is 9.59 Å². The number of piperidine rings is 1. The Hall–Kier alpha value is -4.90. The van der Waals surface area contributed by atoms with Gasteiger partial charge in [-0.05, 0) is 95.4 Å². The molecule has 0 bridgehead atoms. The third kappa shape index (κ3) is 10.3. The molecule has 0 spiro atoms. The number of hydrogen-bond acceptors (Lipinski definition) is 8. The molecule has 2 amide bonds. The Balaban J connectivity index is 1.40. The molecule has 5 rings (SSSR count). The van der Waals surface area contributed by atoms with Crippen molar-refractivity contribution < 1.29 is 23.5 Å². The smallest absolute Gasteiger partial charge is 0.413 e. The number of nitrogens with one attached hydrogen (secondary N) is 2. The summed E-state index contributed by atoms with van der Waals surface area (Å²) in [5, 5.41) is 6.06. The second-order valence-electron chi connectivity index (χ2n) is 12.9. The highest BCUT2D eigenvalue weighted by atomic mass is 19.1. The number of likely N-dealkylation sites (tertiary alicyclic amines) is 1. The average Bonchev–Trinajstić information content (AvgIpc) is 3.13. The Morgan fingerprint density at radius 1 is 0.941 bits per heavy atom. The van der Waals surface area contributed by atoms with E-state index < -0.39 is 18.1 Å². The summed E-state index contributed by atoms with van der Waals surface area (Å²) in [6, 6.07) is 19.7. The number of halogens is 1. The van der Waals surface area contributed by atoms with Gasteiger partial charge in [0.05, 0.1) is 12.3 Å². The fraction of sp³-hybridized carbons (Fsp3) is 0.425. The van der Waals surface area contributed by atoms with Gasteiger partial charge in [-0.25, -0.2) is 14.2 Å². The maximum absolute atomic E-state index is 15.4. The molecule has 0 aromatic heterocycles. The molecule has 10 nitrogen and oxygen atoms in total. The van der Waals surface area contributed by atoms with Crippen LogP contribution in [0.2, 0.25) is 0 Å². The molecule has 3 aromatic rings. The molecular formula is C40H51FN6O4. The van der Waals surface area contributed by atoms with Crippen LogP contribution in [0.4, 0.5) is 20.6 Å². The van der Waals surface area contributed by atoms with Crippen LogP contribution in [0, 0.1) is 19.7 Å². The Morgan fingerprint density at radius 3 is 2.43 bits per heavy atom. The van der Waals surface area contributed by atoms with E-state index in [4.69, 9.17) is 14.5 Å². The highest BCUT2D eigenvalue weighted by Gasteiger charge is 2.31. The number of carbonyl (C=O) groups is 2. The van der Waals surface area contributed by atoms with E-state index in [2.05, 4.69) is 15.5 Å². The standard InChI is InChI=1S/C40H51FN6O4/c1-5-46(6-2)37(48)21-25-47-38(51-40(49)43-31-16-9-7-10-17-31)28-35(33-18-13-15-29(3)30(33)4)44-39(47)42-32-19-20-36(34(41)27-32)50-26-14-24-45-22-11-8-12-23-45/h7,9-10,13,15-20,27-28,38H,5-6,8,11-12,14,21-26H2,1-4H3,(H,42,44)(H,43,49). The quantitative estimate of drug-likeness (QED) is 0.167. The summed E-state index contributed by atoms with van der Waals surface area (Å²) >= 11 is 0. The lowest BCUT2D eigenvalue weighted by Gasteiger charge is -2.36. The van der Waals surface area contributed by atoms with Crippen molar-refractivity contribution in [2.24, 2.45) is 4.99 Å². The topological polar surface area (TPSA) is 98.7 Å². The minimum absolute atomic E-state index is 0.0380. The minimum Gasteiger partial charge on any atom is -0.490 e. The fourth-order valence-corrected chi connectivity index (χ4v) is 6.38. The van der Waals surface area contributed by atoms with Crippen molar-refractivity contribution in [2.45, 2.75) is 66.0 Å². The third-order valence-corrected chi connectivity index (χ3v) is 9.43. The van der Waals surface area contributed by atoms with Gasteiger partial charge in [0, 0.05) is 61.7 Å². The molecule has 2 N–H and O–H groups in total. The van der Waals surface area contributed by atoms with Crippen molar-refractivity contribution >= 4 is 35.0 Å². The SMILES string of the molecule is CCN(CC)C(=O)CCN1C(Nc2ccc(OCCCN3CCCCC3)c(F)c2)=NC(c2cccc(C)c2C)=CC1OC(=O)Nc1ccccc1. The molecule has 2 heterocycles. The molecule has 272 valence electrons. The van der Waals surface area contributed by atoms with Crippen LogP contribution in [0.5, 0.6) is 5.75 Å². The lowest BCUT2D eigenvalue weighted by molar-refractivity contribution is -0.131.